The van der Waals surface area contributed by atoms with E-state index in [1.807, 2.05) is 0 Å². The lowest BCUT2D eigenvalue weighted by molar-refractivity contribution is -0.336. The van der Waals surface area contributed by atoms with Crippen LogP contribution >= 0.6 is 0 Å². The molecule has 246 valence electrons. The quantitative estimate of drug-likeness (QED) is 0.0361. The minimum Gasteiger partial charge on any atom is -0.465 e. The number of carbonyl (C=O) groups is 5. The van der Waals surface area contributed by atoms with Gasteiger partial charge in [0, 0.05) is 32.1 Å². The van der Waals surface area contributed by atoms with Crippen LogP contribution in [-0.2, 0) is 61.9 Å². The van der Waals surface area contributed by atoms with E-state index in [1.165, 1.54) is 6.92 Å². The Morgan fingerprint density at radius 3 is 2.25 bits per heavy atom. The van der Waals surface area contributed by atoms with Gasteiger partial charge in [-0.3, -0.25) is 19.2 Å². The van der Waals surface area contributed by atoms with Crippen LogP contribution in [0.4, 0.5) is 0 Å². The molecule has 1 amide bonds. The van der Waals surface area contributed by atoms with Gasteiger partial charge in [0.15, 0.2) is 12.2 Å². The molecule has 44 heavy (non-hydrogen) atoms. The fraction of sp³-hybridized carbons (Fsp3) is 0.731. The van der Waals surface area contributed by atoms with E-state index in [9.17, 15) is 24.0 Å². The molecule has 1 rings (SSSR count). The van der Waals surface area contributed by atoms with Gasteiger partial charge in [-0.15, -0.1) is 6.42 Å². The number of esters is 4. The lowest BCUT2D eigenvalue weighted by Crippen LogP contribution is -2.77. The number of rotatable bonds is 18. The average Bonchev–Trinajstić information content (AvgIpc) is 2.97. The van der Waals surface area contributed by atoms with Crippen LogP contribution in [0.2, 0.25) is 0 Å². The first-order valence-corrected chi connectivity index (χ1v) is 13.4. The van der Waals surface area contributed by atoms with E-state index in [0.717, 1.165) is 27.9 Å². The van der Waals surface area contributed by atoms with Crippen LogP contribution in [0.15, 0.2) is 5.11 Å². The molecule has 0 bridgehead atoms. The third kappa shape index (κ3) is 11.3. The predicted octanol–water partition coefficient (Wildman–Crippen LogP) is -0.735. The standard InChI is InChI=1S/C26H39N5O13/c1-7-9-38-10-11-39-12-13-40-26(25(36)37-6)24(43-17(5)34)21(30-19(35)8-2)20(27)23(44-26)22(42-16(4)33)18(14-29-31-28)41-15(3)32/h1,18,20-24H,8-14,27H2,2-6H3,(H,30,35)/t18-,20-,21-,22-,23-,24+,26-/m1/s1. The zero-order valence-electron chi connectivity index (χ0n) is 25.2. The van der Waals surface area contributed by atoms with E-state index in [4.69, 9.17) is 55.6 Å². The van der Waals surface area contributed by atoms with Crippen LogP contribution in [0.5, 0.6) is 0 Å². The summed E-state index contributed by atoms with van der Waals surface area (Å²) in [5, 5.41) is 6.00. The van der Waals surface area contributed by atoms with E-state index in [1.54, 1.807) is 0 Å². The van der Waals surface area contributed by atoms with Gasteiger partial charge >= 0.3 is 29.7 Å². The third-order valence-electron chi connectivity index (χ3n) is 5.95. The van der Waals surface area contributed by atoms with Gasteiger partial charge in [0.05, 0.1) is 52.2 Å². The summed E-state index contributed by atoms with van der Waals surface area (Å²) in [7, 11) is 0.997. The molecule has 0 aromatic heterocycles. The lowest BCUT2D eigenvalue weighted by atomic mass is 9.84. The first-order chi connectivity index (χ1) is 20.9. The van der Waals surface area contributed by atoms with Crippen LogP contribution in [0.25, 0.3) is 10.4 Å². The Hall–Kier alpha value is -3.98. The van der Waals surface area contributed by atoms with Gasteiger partial charge in [0.25, 0.3) is 0 Å². The number of hydrogen-bond donors (Lipinski definition) is 2. The van der Waals surface area contributed by atoms with Gasteiger partial charge in [0.1, 0.15) is 18.8 Å². The highest BCUT2D eigenvalue weighted by Crippen LogP contribution is 2.37. The van der Waals surface area contributed by atoms with E-state index in [-0.39, 0.29) is 39.5 Å². The molecule has 1 heterocycles. The Kier molecular flexibility index (Phi) is 16.7. The number of methoxy groups -OCH3 is 1. The minimum absolute atomic E-state index is 0.0520. The highest BCUT2D eigenvalue weighted by Gasteiger charge is 2.65. The first kappa shape index (κ1) is 38.0. The van der Waals surface area contributed by atoms with Gasteiger partial charge in [-0.25, -0.2) is 4.79 Å². The Morgan fingerprint density at radius 1 is 1.07 bits per heavy atom. The molecule has 1 saturated heterocycles. The second kappa shape index (κ2) is 19.3. The summed E-state index contributed by atoms with van der Waals surface area (Å²) in [5.41, 5.74) is 15.4. The predicted molar refractivity (Wildman–Crippen MR) is 147 cm³/mol. The molecular weight excluding hydrogens is 590 g/mol. The highest BCUT2D eigenvalue weighted by molar-refractivity contribution is 5.81. The van der Waals surface area contributed by atoms with Crippen LogP contribution in [0.3, 0.4) is 0 Å². The first-order valence-electron chi connectivity index (χ1n) is 13.4. The molecule has 0 aromatic rings. The number of hydrogen-bond acceptors (Lipinski definition) is 15. The number of azide groups is 1. The Bertz CT molecular complexity index is 1090. The van der Waals surface area contributed by atoms with Crippen LogP contribution in [0.1, 0.15) is 34.1 Å². The van der Waals surface area contributed by atoms with Crippen molar-refractivity contribution in [3.63, 3.8) is 0 Å². The van der Waals surface area contributed by atoms with E-state index in [0.29, 0.717) is 0 Å². The van der Waals surface area contributed by atoms with Gasteiger partial charge in [0.2, 0.25) is 5.91 Å². The molecule has 7 atom stereocenters. The second-order valence-electron chi connectivity index (χ2n) is 9.15. The van der Waals surface area contributed by atoms with Gasteiger partial charge in [-0.2, -0.15) is 0 Å². The molecule has 0 radical (unpaired) electrons. The molecule has 18 nitrogen and oxygen atoms in total. The smallest absolute Gasteiger partial charge is 0.370 e. The summed E-state index contributed by atoms with van der Waals surface area (Å²) in [6.45, 7) is 3.93. The van der Waals surface area contributed by atoms with Crippen molar-refractivity contribution in [2.45, 2.75) is 76.4 Å². The number of nitrogens with one attached hydrogen (secondary N) is 1. The summed E-state index contributed by atoms with van der Waals surface area (Å²) >= 11 is 0. The zero-order chi connectivity index (χ0) is 33.3. The van der Waals surface area contributed by atoms with Crippen LogP contribution in [0, 0.1) is 12.3 Å². The third-order valence-corrected chi connectivity index (χ3v) is 5.95. The maximum Gasteiger partial charge on any atom is 0.370 e. The molecule has 18 heteroatoms. The summed E-state index contributed by atoms with van der Waals surface area (Å²) in [6.07, 6.45) is -1.45. The SMILES string of the molecule is C#CCOCCOCCO[C@@]1(C(=O)OC)O[C@@H]([C@H](OC(C)=O)[C@@H](CN=[N+]=[N-])OC(C)=O)[C@H](N)[C@@H](NC(=O)CC)[C@@H]1OC(C)=O. The van der Waals surface area contributed by atoms with Crippen molar-refractivity contribution in [3.8, 4) is 12.3 Å². The molecule has 1 aliphatic rings. The molecule has 1 fully saturated rings. The van der Waals surface area contributed by atoms with Crippen molar-refractivity contribution in [1.82, 2.24) is 5.32 Å². The zero-order valence-corrected chi connectivity index (χ0v) is 25.2. The molecule has 0 unspecified atom stereocenters. The van der Waals surface area contributed by atoms with E-state index < -0.39 is 78.6 Å². The van der Waals surface area contributed by atoms with E-state index in [2.05, 4.69) is 21.3 Å². The Balaban J connectivity index is 3.73. The fourth-order valence-corrected chi connectivity index (χ4v) is 4.24. The van der Waals surface area contributed by atoms with Crippen molar-refractivity contribution < 1.29 is 61.9 Å². The second-order valence-corrected chi connectivity index (χ2v) is 9.15. The lowest BCUT2D eigenvalue weighted by Gasteiger charge is -2.51. The fourth-order valence-electron chi connectivity index (χ4n) is 4.24. The molecule has 0 aliphatic carbocycles. The normalized spacial score (nSPS) is 23.9. The summed E-state index contributed by atoms with van der Waals surface area (Å²) in [5.74, 6) is -4.80. The maximum atomic E-state index is 13.5. The maximum absolute atomic E-state index is 13.5. The van der Waals surface area contributed by atoms with Crippen molar-refractivity contribution in [2.24, 2.45) is 10.8 Å². The largest absolute Gasteiger partial charge is 0.465 e. The van der Waals surface area contributed by atoms with Gasteiger partial charge < -0.3 is 48.9 Å². The van der Waals surface area contributed by atoms with Crippen molar-refractivity contribution >= 4 is 29.8 Å². The average molecular weight is 630 g/mol. The van der Waals surface area contributed by atoms with Crippen molar-refractivity contribution in [3.05, 3.63) is 10.4 Å². The summed E-state index contributed by atoms with van der Waals surface area (Å²) in [6, 6.07) is -2.85. The van der Waals surface area contributed by atoms with E-state index >= 15 is 0 Å². The Morgan fingerprint density at radius 2 is 1.70 bits per heavy atom. The van der Waals surface area contributed by atoms with Crippen molar-refractivity contribution in [1.29, 1.82) is 0 Å². The molecule has 0 saturated carbocycles. The van der Waals surface area contributed by atoms with Gasteiger partial charge in [-0.05, 0) is 5.53 Å². The Labute approximate surface area is 254 Å². The minimum atomic E-state index is -2.65. The topological polar surface area (TPSA) is 246 Å². The molecule has 1 aliphatic heterocycles. The summed E-state index contributed by atoms with van der Waals surface area (Å²) < 4.78 is 43.6. The number of nitrogens with zero attached hydrogens (tertiary/aromatic N) is 3. The molecule has 0 aromatic carbocycles. The molecule has 3 N–H and O–H groups in total. The number of terminal acetylenes is 1. The number of amides is 1. The monoisotopic (exact) mass is 629 g/mol. The number of nitrogens with two attached hydrogens (primary N) is 1. The van der Waals surface area contributed by atoms with Gasteiger partial charge in [-0.1, -0.05) is 18.0 Å². The number of ether oxygens (including phenoxy) is 8. The molecular formula is C26H39N5O13. The van der Waals surface area contributed by atoms with Crippen molar-refractivity contribution in [2.75, 3.05) is 46.7 Å². The van der Waals surface area contributed by atoms with Crippen LogP contribution in [-0.4, -0.2) is 119 Å². The summed E-state index contributed by atoms with van der Waals surface area (Å²) in [4.78, 5) is 65.2. The van der Waals surface area contributed by atoms with Crippen LogP contribution < -0.4 is 11.1 Å². The number of carbonyl (C=O) groups excluding carboxylic acids is 5. The molecule has 0 spiro atoms. The highest BCUT2D eigenvalue weighted by atomic mass is 16.8.